The zero-order valence-corrected chi connectivity index (χ0v) is 11.3. The summed E-state index contributed by atoms with van der Waals surface area (Å²) >= 11 is 0. The smallest absolute Gasteiger partial charge is 0.0198 e. The molecular formula is C13H28N2. The summed E-state index contributed by atoms with van der Waals surface area (Å²) in [4.78, 5) is 2.64. The maximum atomic E-state index is 3.66. The molecule has 2 nitrogen and oxygen atoms in total. The molecule has 1 aliphatic heterocycles. The number of piperazine rings is 1. The van der Waals surface area contributed by atoms with Crippen LogP contribution >= 0.6 is 0 Å². The van der Waals surface area contributed by atoms with Gasteiger partial charge in [-0.3, -0.25) is 4.90 Å². The van der Waals surface area contributed by atoms with Gasteiger partial charge in [0.1, 0.15) is 0 Å². The van der Waals surface area contributed by atoms with Crippen LogP contribution in [-0.4, -0.2) is 35.6 Å². The van der Waals surface area contributed by atoms with Crippen LogP contribution in [0.1, 0.15) is 48.0 Å². The SMILES string of the molecule is CC(C)CC1CN(C(C)(C)C)C(C)CN1. The number of hydrogen-bond acceptors (Lipinski definition) is 2. The van der Waals surface area contributed by atoms with E-state index in [0.717, 1.165) is 12.5 Å². The van der Waals surface area contributed by atoms with Crippen molar-refractivity contribution < 1.29 is 0 Å². The van der Waals surface area contributed by atoms with Gasteiger partial charge in [-0.15, -0.1) is 0 Å². The first kappa shape index (κ1) is 13.0. The van der Waals surface area contributed by atoms with Crippen molar-refractivity contribution in [1.29, 1.82) is 0 Å². The summed E-state index contributed by atoms with van der Waals surface area (Å²) < 4.78 is 0. The lowest BCUT2D eigenvalue weighted by molar-refractivity contribution is 0.0455. The fraction of sp³-hybridized carbons (Fsp3) is 1.00. The Morgan fingerprint density at radius 1 is 1.33 bits per heavy atom. The first-order valence-corrected chi connectivity index (χ1v) is 6.31. The van der Waals surface area contributed by atoms with Crippen LogP contribution in [0.4, 0.5) is 0 Å². The van der Waals surface area contributed by atoms with E-state index in [0.29, 0.717) is 17.6 Å². The van der Waals surface area contributed by atoms with Crippen molar-refractivity contribution in [2.24, 2.45) is 5.92 Å². The monoisotopic (exact) mass is 212 g/mol. The topological polar surface area (TPSA) is 15.3 Å². The van der Waals surface area contributed by atoms with Crippen molar-refractivity contribution >= 4 is 0 Å². The van der Waals surface area contributed by atoms with E-state index in [1.807, 2.05) is 0 Å². The highest BCUT2D eigenvalue weighted by molar-refractivity contribution is 4.90. The third-order valence-corrected chi connectivity index (χ3v) is 3.27. The lowest BCUT2D eigenvalue weighted by Crippen LogP contribution is -2.61. The van der Waals surface area contributed by atoms with E-state index < -0.39 is 0 Å². The normalized spacial score (nSPS) is 29.8. The molecule has 2 unspecified atom stereocenters. The third-order valence-electron chi connectivity index (χ3n) is 3.27. The van der Waals surface area contributed by atoms with Crippen molar-refractivity contribution in [2.75, 3.05) is 13.1 Å². The van der Waals surface area contributed by atoms with Crippen molar-refractivity contribution in [3.05, 3.63) is 0 Å². The second-order valence-corrected chi connectivity index (χ2v) is 6.41. The maximum absolute atomic E-state index is 3.66. The van der Waals surface area contributed by atoms with Crippen molar-refractivity contribution in [2.45, 2.75) is 65.6 Å². The highest BCUT2D eigenvalue weighted by atomic mass is 15.3. The molecule has 15 heavy (non-hydrogen) atoms. The minimum absolute atomic E-state index is 0.302. The molecule has 0 aromatic rings. The van der Waals surface area contributed by atoms with Gasteiger partial charge in [0, 0.05) is 30.7 Å². The highest BCUT2D eigenvalue weighted by Crippen LogP contribution is 2.21. The van der Waals surface area contributed by atoms with Gasteiger partial charge >= 0.3 is 0 Å². The molecule has 90 valence electrons. The summed E-state index contributed by atoms with van der Waals surface area (Å²) in [6.07, 6.45) is 1.29. The van der Waals surface area contributed by atoms with Crippen LogP contribution in [0.25, 0.3) is 0 Å². The molecule has 1 saturated heterocycles. The second kappa shape index (κ2) is 4.84. The molecule has 0 bridgehead atoms. The van der Waals surface area contributed by atoms with Gasteiger partial charge in [-0.1, -0.05) is 13.8 Å². The molecule has 1 aliphatic rings. The van der Waals surface area contributed by atoms with E-state index in [4.69, 9.17) is 0 Å². The molecule has 0 spiro atoms. The Labute approximate surface area is 95.4 Å². The largest absolute Gasteiger partial charge is 0.311 e. The average molecular weight is 212 g/mol. The lowest BCUT2D eigenvalue weighted by Gasteiger charge is -2.46. The predicted molar refractivity (Wildman–Crippen MR) is 67.2 cm³/mol. The predicted octanol–water partition coefficient (Wildman–Crippen LogP) is 2.49. The van der Waals surface area contributed by atoms with Gasteiger partial charge in [-0.2, -0.15) is 0 Å². The second-order valence-electron chi connectivity index (χ2n) is 6.41. The van der Waals surface area contributed by atoms with Gasteiger partial charge in [0.15, 0.2) is 0 Å². The molecule has 1 N–H and O–H groups in total. The third kappa shape index (κ3) is 3.76. The Morgan fingerprint density at radius 2 is 1.93 bits per heavy atom. The maximum Gasteiger partial charge on any atom is 0.0198 e. The van der Waals surface area contributed by atoms with E-state index in [1.54, 1.807) is 0 Å². The van der Waals surface area contributed by atoms with Gasteiger partial charge in [0.05, 0.1) is 0 Å². The molecule has 0 saturated carbocycles. The van der Waals surface area contributed by atoms with Crippen LogP contribution in [0.2, 0.25) is 0 Å². The number of nitrogens with zero attached hydrogens (tertiary/aromatic N) is 1. The summed E-state index contributed by atoms with van der Waals surface area (Å²) in [5.41, 5.74) is 0.302. The first-order chi connectivity index (χ1) is 6.80. The summed E-state index contributed by atoms with van der Waals surface area (Å²) in [6.45, 7) is 16.2. The molecule has 1 rings (SSSR count). The zero-order valence-electron chi connectivity index (χ0n) is 11.3. The van der Waals surface area contributed by atoms with E-state index in [2.05, 4.69) is 51.8 Å². The van der Waals surface area contributed by atoms with Crippen LogP contribution in [0, 0.1) is 5.92 Å². The summed E-state index contributed by atoms with van der Waals surface area (Å²) in [5, 5.41) is 3.66. The van der Waals surface area contributed by atoms with Crippen LogP contribution in [0.3, 0.4) is 0 Å². The molecule has 1 fully saturated rings. The van der Waals surface area contributed by atoms with Gasteiger partial charge in [0.2, 0.25) is 0 Å². The Bertz CT molecular complexity index is 193. The molecule has 1 heterocycles. The molecule has 0 aromatic carbocycles. The van der Waals surface area contributed by atoms with Crippen molar-refractivity contribution in [1.82, 2.24) is 10.2 Å². The standard InChI is InChI=1S/C13H28N2/c1-10(2)7-12-9-15(13(4,5)6)11(3)8-14-12/h10-12,14H,7-9H2,1-6H3. The van der Waals surface area contributed by atoms with Crippen LogP contribution in [0.15, 0.2) is 0 Å². The molecule has 0 amide bonds. The Balaban J connectivity index is 2.56. The van der Waals surface area contributed by atoms with E-state index in [1.165, 1.54) is 13.0 Å². The Kier molecular flexibility index (Phi) is 4.19. The minimum atomic E-state index is 0.302. The Morgan fingerprint density at radius 3 is 2.40 bits per heavy atom. The minimum Gasteiger partial charge on any atom is -0.311 e. The van der Waals surface area contributed by atoms with Gasteiger partial charge < -0.3 is 5.32 Å². The van der Waals surface area contributed by atoms with E-state index >= 15 is 0 Å². The summed E-state index contributed by atoms with van der Waals surface area (Å²) in [6, 6.07) is 1.34. The first-order valence-electron chi connectivity index (χ1n) is 6.31. The van der Waals surface area contributed by atoms with Crippen molar-refractivity contribution in [3.63, 3.8) is 0 Å². The molecule has 0 aromatic heterocycles. The number of nitrogens with one attached hydrogen (secondary N) is 1. The molecule has 0 radical (unpaired) electrons. The number of rotatable bonds is 2. The van der Waals surface area contributed by atoms with Crippen molar-refractivity contribution in [3.8, 4) is 0 Å². The van der Waals surface area contributed by atoms with Crippen LogP contribution in [0.5, 0.6) is 0 Å². The fourth-order valence-corrected chi connectivity index (χ4v) is 2.59. The zero-order chi connectivity index (χ0) is 11.6. The van der Waals surface area contributed by atoms with E-state index in [9.17, 15) is 0 Å². The van der Waals surface area contributed by atoms with Crippen LogP contribution < -0.4 is 5.32 Å². The molecule has 0 aliphatic carbocycles. The molecule has 2 heteroatoms. The van der Waals surface area contributed by atoms with E-state index in [-0.39, 0.29) is 0 Å². The van der Waals surface area contributed by atoms with Gasteiger partial charge in [-0.25, -0.2) is 0 Å². The van der Waals surface area contributed by atoms with Gasteiger partial charge in [-0.05, 0) is 40.0 Å². The fourth-order valence-electron chi connectivity index (χ4n) is 2.59. The summed E-state index contributed by atoms with van der Waals surface area (Å²) in [7, 11) is 0. The highest BCUT2D eigenvalue weighted by Gasteiger charge is 2.32. The molecular weight excluding hydrogens is 184 g/mol. The van der Waals surface area contributed by atoms with Gasteiger partial charge in [0.25, 0.3) is 0 Å². The lowest BCUT2D eigenvalue weighted by atomic mass is 9.95. The Hall–Kier alpha value is -0.0800. The quantitative estimate of drug-likeness (QED) is 0.756. The average Bonchev–Trinajstić information content (AvgIpc) is 2.05. The molecule has 2 atom stereocenters. The van der Waals surface area contributed by atoms with Crippen LogP contribution in [-0.2, 0) is 0 Å². The number of hydrogen-bond donors (Lipinski definition) is 1. The summed E-state index contributed by atoms with van der Waals surface area (Å²) in [5.74, 6) is 0.790.